The largest absolute Gasteiger partial charge is 0.322 e. The van der Waals surface area contributed by atoms with Crippen LogP contribution in [0.5, 0.6) is 0 Å². The van der Waals surface area contributed by atoms with E-state index in [4.69, 9.17) is 0 Å². The average Bonchev–Trinajstić information content (AvgIpc) is 3.04. The molecule has 1 saturated heterocycles. The Morgan fingerprint density at radius 3 is 2.76 bits per heavy atom. The van der Waals surface area contributed by atoms with Gasteiger partial charge >= 0.3 is 6.03 Å². The molecule has 3 rings (SSSR count). The van der Waals surface area contributed by atoms with E-state index in [0.29, 0.717) is 12.2 Å². The number of carbonyl (C=O) groups excluding carboxylic acids is 1. The molecule has 2 amide bonds. The van der Waals surface area contributed by atoms with Crippen LogP contribution in [-0.4, -0.2) is 41.5 Å². The van der Waals surface area contributed by atoms with Gasteiger partial charge in [-0.2, -0.15) is 0 Å². The number of rotatable bonds is 5. The lowest BCUT2D eigenvalue weighted by atomic mass is 10.2. The molecule has 1 fully saturated rings. The van der Waals surface area contributed by atoms with Crippen LogP contribution in [0, 0.1) is 5.82 Å². The number of amides is 2. The molecule has 0 saturated carbocycles. The Bertz CT molecular complexity index is 707. The lowest BCUT2D eigenvalue weighted by Gasteiger charge is -2.28. The molecule has 1 atom stereocenters. The highest BCUT2D eigenvalue weighted by Crippen LogP contribution is 2.19. The maximum absolute atomic E-state index is 13.3. The molecule has 0 bridgehead atoms. The van der Waals surface area contributed by atoms with Crippen molar-refractivity contribution < 1.29 is 9.18 Å². The fourth-order valence-corrected chi connectivity index (χ4v) is 3.38. The Hall–Kier alpha value is -2.40. The first kappa shape index (κ1) is 17.4. The molecule has 25 heavy (non-hydrogen) atoms. The highest BCUT2D eigenvalue weighted by molar-refractivity contribution is 5.89. The summed E-state index contributed by atoms with van der Waals surface area (Å²) in [5.74, 6) is -0.351. The van der Waals surface area contributed by atoms with Crippen LogP contribution in [0.15, 0.2) is 54.6 Å². The van der Waals surface area contributed by atoms with E-state index in [1.807, 2.05) is 30.0 Å². The number of likely N-dealkylation sites (tertiary alicyclic amines) is 1. The van der Waals surface area contributed by atoms with E-state index in [2.05, 4.69) is 22.3 Å². The molecule has 0 aliphatic carbocycles. The molecule has 132 valence electrons. The molecule has 1 aliphatic rings. The molecule has 1 N–H and O–H groups in total. The summed E-state index contributed by atoms with van der Waals surface area (Å²) in [5, 5.41) is 2.80. The maximum Gasteiger partial charge on any atom is 0.322 e. The van der Waals surface area contributed by atoms with Crippen molar-refractivity contribution in [2.24, 2.45) is 0 Å². The van der Waals surface area contributed by atoms with Gasteiger partial charge in [-0.05, 0) is 37.1 Å². The Labute approximate surface area is 148 Å². The van der Waals surface area contributed by atoms with Gasteiger partial charge in [-0.1, -0.05) is 36.4 Å². The summed E-state index contributed by atoms with van der Waals surface area (Å²) in [6.07, 6.45) is 0.956. The minimum absolute atomic E-state index is 0.167. The van der Waals surface area contributed by atoms with E-state index in [1.54, 1.807) is 12.1 Å². The summed E-state index contributed by atoms with van der Waals surface area (Å²) in [4.78, 5) is 16.8. The zero-order valence-corrected chi connectivity index (χ0v) is 14.5. The number of carbonyl (C=O) groups is 1. The Morgan fingerprint density at radius 1 is 1.24 bits per heavy atom. The molecule has 1 aliphatic heterocycles. The number of anilines is 1. The number of urea groups is 1. The van der Waals surface area contributed by atoms with Crippen LogP contribution in [0.25, 0.3) is 0 Å². The minimum atomic E-state index is -0.351. The Balaban J connectivity index is 1.58. The highest BCUT2D eigenvalue weighted by atomic mass is 19.1. The van der Waals surface area contributed by atoms with Gasteiger partial charge in [0.25, 0.3) is 0 Å². The molecule has 1 unspecified atom stereocenters. The lowest BCUT2D eigenvalue weighted by molar-refractivity contribution is 0.189. The minimum Gasteiger partial charge on any atom is -0.320 e. The summed E-state index contributed by atoms with van der Waals surface area (Å²) >= 11 is 0. The van der Waals surface area contributed by atoms with Gasteiger partial charge in [0.1, 0.15) is 5.82 Å². The van der Waals surface area contributed by atoms with Crippen LogP contribution in [0.4, 0.5) is 14.9 Å². The normalized spacial score (nSPS) is 17.4. The quantitative estimate of drug-likeness (QED) is 0.894. The van der Waals surface area contributed by atoms with E-state index in [9.17, 15) is 9.18 Å². The number of hydrogen-bond donors (Lipinski definition) is 1. The summed E-state index contributed by atoms with van der Waals surface area (Å²) < 4.78 is 13.3. The molecule has 2 aromatic carbocycles. The van der Waals surface area contributed by atoms with Gasteiger partial charge in [0.2, 0.25) is 0 Å². The van der Waals surface area contributed by atoms with Gasteiger partial charge in [0, 0.05) is 37.9 Å². The summed E-state index contributed by atoms with van der Waals surface area (Å²) in [6.45, 7) is 5.35. The molecule has 2 aromatic rings. The Morgan fingerprint density at radius 2 is 2.04 bits per heavy atom. The van der Waals surface area contributed by atoms with Gasteiger partial charge in [0.05, 0.1) is 0 Å². The van der Waals surface area contributed by atoms with Gasteiger partial charge < -0.3 is 10.2 Å². The summed E-state index contributed by atoms with van der Waals surface area (Å²) in [6, 6.07) is 16.4. The molecular formula is C20H24FN3O. The highest BCUT2D eigenvalue weighted by Gasteiger charge is 2.29. The zero-order chi connectivity index (χ0) is 17.6. The van der Waals surface area contributed by atoms with E-state index in [-0.39, 0.29) is 17.9 Å². The topological polar surface area (TPSA) is 35.6 Å². The van der Waals surface area contributed by atoms with Crippen molar-refractivity contribution in [3.8, 4) is 0 Å². The third-order valence-electron chi connectivity index (χ3n) is 4.61. The van der Waals surface area contributed by atoms with Crippen LogP contribution >= 0.6 is 0 Å². The standard InChI is InChI=1S/C20H24FN3O/c1-2-24(20(25)22-18-10-6-9-17(21)13-18)19-11-12-23(15-19)14-16-7-4-3-5-8-16/h3-10,13,19H,2,11-12,14-15H2,1H3,(H,22,25). The second kappa shape index (κ2) is 8.12. The number of benzene rings is 2. The molecular weight excluding hydrogens is 317 g/mol. The zero-order valence-electron chi connectivity index (χ0n) is 14.5. The van der Waals surface area contributed by atoms with Crippen molar-refractivity contribution in [2.45, 2.75) is 25.9 Å². The third-order valence-corrected chi connectivity index (χ3v) is 4.61. The molecule has 4 nitrogen and oxygen atoms in total. The van der Waals surface area contributed by atoms with Crippen LogP contribution < -0.4 is 5.32 Å². The summed E-state index contributed by atoms with van der Waals surface area (Å²) in [5.41, 5.74) is 1.78. The van der Waals surface area contributed by atoms with Crippen molar-refractivity contribution in [2.75, 3.05) is 25.0 Å². The average molecular weight is 341 g/mol. The smallest absolute Gasteiger partial charge is 0.320 e. The van der Waals surface area contributed by atoms with Crippen LogP contribution in [-0.2, 0) is 6.54 Å². The predicted molar refractivity (Wildman–Crippen MR) is 97.9 cm³/mol. The van der Waals surface area contributed by atoms with Crippen molar-refractivity contribution in [1.82, 2.24) is 9.80 Å². The number of nitrogens with zero attached hydrogens (tertiary/aromatic N) is 2. The van der Waals surface area contributed by atoms with Crippen molar-refractivity contribution in [3.63, 3.8) is 0 Å². The molecule has 0 spiro atoms. The van der Waals surface area contributed by atoms with Crippen LogP contribution in [0.3, 0.4) is 0 Å². The van der Waals surface area contributed by atoms with Gasteiger partial charge in [-0.25, -0.2) is 9.18 Å². The van der Waals surface area contributed by atoms with E-state index < -0.39 is 0 Å². The molecule has 0 aromatic heterocycles. The fourth-order valence-electron chi connectivity index (χ4n) is 3.38. The molecule has 0 radical (unpaired) electrons. The van der Waals surface area contributed by atoms with Crippen molar-refractivity contribution in [3.05, 3.63) is 66.0 Å². The van der Waals surface area contributed by atoms with Crippen LogP contribution in [0.1, 0.15) is 18.9 Å². The second-order valence-corrected chi connectivity index (χ2v) is 6.39. The monoisotopic (exact) mass is 341 g/mol. The first-order valence-corrected chi connectivity index (χ1v) is 8.75. The first-order valence-electron chi connectivity index (χ1n) is 8.75. The van der Waals surface area contributed by atoms with E-state index >= 15 is 0 Å². The molecule has 5 heteroatoms. The molecule has 1 heterocycles. The van der Waals surface area contributed by atoms with Gasteiger partial charge in [-0.15, -0.1) is 0 Å². The van der Waals surface area contributed by atoms with Gasteiger partial charge in [-0.3, -0.25) is 4.90 Å². The number of halogens is 1. The van der Waals surface area contributed by atoms with Gasteiger partial charge in [0.15, 0.2) is 0 Å². The Kier molecular flexibility index (Phi) is 5.66. The lowest BCUT2D eigenvalue weighted by Crippen LogP contribution is -2.44. The number of hydrogen-bond acceptors (Lipinski definition) is 2. The van der Waals surface area contributed by atoms with E-state index in [1.165, 1.54) is 17.7 Å². The van der Waals surface area contributed by atoms with E-state index in [0.717, 1.165) is 26.1 Å². The number of nitrogens with one attached hydrogen (secondary N) is 1. The first-order chi connectivity index (χ1) is 12.2. The van der Waals surface area contributed by atoms with Crippen molar-refractivity contribution >= 4 is 11.7 Å². The predicted octanol–water partition coefficient (Wildman–Crippen LogP) is 3.95. The maximum atomic E-state index is 13.3. The number of likely N-dealkylation sites (N-methyl/N-ethyl adjacent to an activating group) is 1. The summed E-state index contributed by atoms with van der Waals surface area (Å²) in [7, 11) is 0. The fraction of sp³-hybridized carbons (Fsp3) is 0.350. The SMILES string of the molecule is CCN(C(=O)Nc1cccc(F)c1)C1CCN(Cc2ccccc2)C1. The second-order valence-electron chi connectivity index (χ2n) is 6.39. The van der Waals surface area contributed by atoms with Crippen LogP contribution in [0.2, 0.25) is 0 Å². The van der Waals surface area contributed by atoms with Crippen molar-refractivity contribution in [1.29, 1.82) is 0 Å². The third kappa shape index (κ3) is 4.57.